The molecule has 2 heterocycles. The first-order chi connectivity index (χ1) is 20.3. The molecule has 0 N–H and O–H groups in total. The van der Waals surface area contributed by atoms with Crippen molar-refractivity contribution in [3.63, 3.8) is 0 Å². The summed E-state index contributed by atoms with van der Waals surface area (Å²) in [5, 5.41) is 1.05. The molecule has 0 aliphatic carbocycles. The molecule has 1 aliphatic rings. The standard InChI is InChI=1S/C37H26GeN2S/c1-3-13-28(14-4-1)38(29-15-5-2-6-16-29)31-17-7-10-20-34(31)40(35-21-11-8-18-32(35)38)30-25-23-27(24-26-30)37-39-33-19-9-12-22-36(33)41-37/h1-26H. The monoisotopic (exact) mass is 604 g/mol. The molecule has 1 aliphatic heterocycles. The van der Waals surface area contributed by atoms with Gasteiger partial charge in [0.2, 0.25) is 0 Å². The van der Waals surface area contributed by atoms with Crippen molar-refractivity contribution in [1.82, 2.24) is 4.98 Å². The summed E-state index contributed by atoms with van der Waals surface area (Å²) in [6.45, 7) is 0. The Morgan fingerprint density at radius 3 is 1.59 bits per heavy atom. The number of nitrogens with zero attached hydrogens (tertiary/aromatic N) is 2. The van der Waals surface area contributed by atoms with Gasteiger partial charge in [-0.05, 0) is 0 Å². The van der Waals surface area contributed by atoms with E-state index in [1.54, 1.807) is 11.3 Å². The minimum atomic E-state index is -3.33. The van der Waals surface area contributed by atoms with Crippen molar-refractivity contribution in [1.29, 1.82) is 0 Å². The van der Waals surface area contributed by atoms with Crippen LogP contribution in [0.25, 0.3) is 20.8 Å². The third kappa shape index (κ3) is 3.81. The van der Waals surface area contributed by atoms with Crippen molar-refractivity contribution < 1.29 is 0 Å². The Balaban J connectivity index is 1.34. The fourth-order valence-electron chi connectivity index (χ4n) is 6.44. The summed E-state index contributed by atoms with van der Waals surface area (Å²) in [5.41, 5.74) is 5.90. The number of fused-ring (bicyclic) bond motifs is 3. The second kappa shape index (κ2) is 9.88. The maximum atomic E-state index is 4.90. The van der Waals surface area contributed by atoms with Crippen LogP contribution in [0.3, 0.4) is 0 Å². The van der Waals surface area contributed by atoms with Gasteiger partial charge in [-0.15, -0.1) is 0 Å². The summed E-state index contributed by atoms with van der Waals surface area (Å²) in [5.74, 6) is 0. The molecule has 0 amide bonds. The Morgan fingerprint density at radius 1 is 0.488 bits per heavy atom. The molecule has 0 radical (unpaired) electrons. The molecule has 8 rings (SSSR count). The van der Waals surface area contributed by atoms with Gasteiger partial charge in [0, 0.05) is 0 Å². The van der Waals surface area contributed by atoms with E-state index in [9.17, 15) is 0 Å². The summed E-state index contributed by atoms with van der Waals surface area (Å²) < 4.78 is 7.03. The van der Waals surface area contributed by atoms with Crippen molar-refractivity contribution in [2.45, 2.75) is 0 Å². The fourth-order valence-corrected chi connectivity index (χ4v) is 18.1. The normalized spacial score (nSPS) is 13.5. The summed E-state index contributed by atoms with van der Waals surface area (Å²) in [6, 6.07) is 57.9. The molecule has 0 spiro atoms. The van der Waals surface area contributed by atoms with Gasteiger partial charge in [0.25, 0.3) is 0 Å². The van der Waals surface area contributed by atoms with Gasteiger partial charge in [0.05, 0.1) is 0 Å². The van der Waals surface area contributed by atoms with Crippen molar-refractivity contribution >= 4 is 69.5 Å². The van der Waals surface area contributed by atoms with Gasteiger partial charge in [0.15, 0.2) is 0 Å². The Labute approximate surface area is 246 Å². The van der Waals surface area contributed by atoms with Crippen LogP contribution in [0.2, 0.25) is 0 Å². The van der Waals surface area contributed by atoms with E-state index >= 15 is 0 Å². The molecule has 1 aromatic heterocycles. The summed E-state index contributed by atoms with van der Waals surface area (Å²) in [6.07, 6.45) is 0. The molecular formula is C37H26GeN2S. The zero-order valence-electron chi connectivity index (χ0n) is 22.3. The molecule has 0 atom stereocenters. The molecule has 2 nitrogen and oxygen atoms in total. The van der Waals surface area contributed by atoms with E-state index in [1.807, 2.05) is 0 Å². The molecule has 4 heteroatoms. The van der Waals surface area contributed by atoms with Gasteiger partial charge in [-0.25, -0.2) is 0 Å². The molecule has 0 unspecified atom stereocenters. The number of hydrogen-bond donors (Lipinski definition) is 0. The average molecular weight is 603 g/mol. The summed E-state index contributed by atoms with van der Waals surface area (Å²) in [7, 11) is 0. The van der Waals surface area contributed by atoms with Crippen molar-refractivity contribution in [2.75, 3.05) is 4.90 Å². The van der Waals surface area contributed by atoms with E-state index in [0.29, 0.717) is 0 Å². The number of hydrogen-bond acceptors (Lipinski definition) is 3. The Bertz CT molecular complexity index is 1880. The number of anilines is 3. The van der Waals surface area contributed by atoms with E-state index in [2.05, 4.69) is 163 Å². The maximum absolute atomic E-state index is 4.90. The molecular weight excluding hydrogens is 577 g/mol. The van der Waals surface area contributed by atoms with Crippen LogP contribution in [-0.2, 0) is 0 Å². The Morgan fingerprint density at radius 2 is 1.00 bits per heavy atom. The molecule has 0 saturated carbocycles. The number of aromatic nitrogens is 1. The van der Waals surface area contributed by atoms with Gasteiger partial charge in [-0.3, -0.25) is 0 Å². The number of benzene rings is 6. The van der Waals surface area contributed by atoms with Gasteiger partial charge in [-0.2, -0.15) is 0 Å². The predicted molar refractivity (Wildman–Crippen MR) is 177 cm³/mol. The second-order valence-corrected chi connectivity index (χ2v) is 19.2. The molecule has 0 bridgehead atoms. The SMILES string of the molecule is c1cc[c]([Ge]2([c]3ccccc3)[c]3ccccc3N(c3ccc(-c4nc5ccccc5s4)cc3)c3cccc[c]32)cc1. The van der Waals surface area contributed by atoms with Crippen LogP contribution < -0.4 is 22.5 Å². The third-order valence-electron chi connectivity index (χ3n) is 8.18. The second-order valence-electron chi connectivity index (χ2n) is 10.4. The van der Waals surface area contributed by atoms with Crippen LogP contribution in [0.1, 0.15) is 0 Å². The van der Waals surface area contributed by atoms with Gasteiger partial charge >= 0.3 is 248 Å². The summed E-state index contributed by atoms with van der Waals surface area (Å²) in [4.78, 5) is 7.36. The Hall–Kier alpha value is -4.45. The molecule has 194 valence electrons. The van der Waals surface area contributed by atoms with E-state index in [0.717, 1.165) is 21.8 Å². The van der Waals surface area contributed by atoms with E-state index in [4.69, 9.17) is 4.98 Å². The molecule has 0 saturated heterocycles. The van der Waals surface area contributed by atoms with E-state index < -0.39 is 13.3 Å². The third-order valence-corrected chi connectivity index (χ3v) is 19.5. The van der Waals surface area contributed by atoms with Crippen LogP contribution in [0.5, 0.6) is 0 Å². The average Bonchev–Trinajstić information content (AvgIpc) is 3.49. The zero-order chi connectivity index (χ0) is 27.2. The predicted octanol–water partition coefficient (Wildman–Crippen LogP) is 7.12. The quantitative estimate of drug-likeness (QED) is 0.199. The van der Waals surface area contributed by atoms with Gasteiger partial charge < -0.3 is 0 Å². The zero-order valence-corrected chi connectivity index (χ0v) is 25.2. The van der Waals surface area contributed by atoms with Gasteiger partial charge in [0.1, 0.15) is 0 Å². The first-order valence-corrected chi connectivity index (χ1v) is 18.9. The Kier molecular flexibility index (Phi) is 5.87. The number of thiazole rings is 1. The summed E-state index contributed by atoms with van der Waals surface area (Å²) >= 11 is -1.58. The molecule has 41 heavy (non-hydrogen) atoms. The van der Waals surface area contributed by atoms with Crippen molar-refractivity contribution in [2.24, 2.45) is 0 Å². The molecule has 0 fully saturated rings. The fraction of sp³-hybridized carbons (Fsp3) is 0. The first kappa shape index (κ1) is 24.4. The number of rotatable bonds is 4. The van der Waals surface area contributed by atoms with Crippen LogP contribution in [-0.4, -0.2) is 18.3 Å². The van der Waals surface area contributed by atoms with Gasteiger partial charge in [-0.1, -0.05) is 0 Å². The first-order valence-electron chi connectivity index (χ1n) is 13.9. The van der Waals surface area contributed by atoms with Crippen LogP contribution in [0.15, 0.2) is 158 Å². The van der Waals surface area contributed by atoms with Crippen LogP contribution >= 0.6 is 11.3 Å². The number of para-hydroxylation sites is 3. The van der Waals surface area contributed by atoms with Crippen molar-refractivity contribution in [3.05, 3.63) is 158 Å². The van der Waals surface area contributed by atoms with Crippen LogP contribution in [0.4, 0.5) is 17.1 Å². The minimum absolute atomic E-state index is 1.05. The van der Waals surface area contributed by atoms with Crippen molar-refractivity contribution in [3.8, 4) is 10.6 Å². The molecule has 7 aromatic rings. The van der Waals surface area contributed by atoms with E-state index in [1.165, 1.54) is 33.7 Å². The van der Waals surface area contributed by atoms with E-state index in [-0.39, 0.29) is 0 Å². The topological polar surface area (TPSA) is 16.1 Å². The van der Waals surface area contributed by atoms with Crippen LogP contribution in [0, 0.1) is 0 Å². The molecule has 6 aromatic carbocycles.